The van der Waals surface area contributed by atoms with Gasteiger partial charge in [0.1, 0.15) is 0 Å². The summed E-state index contributed by atoms with van der Waals surface area (Å²) in [5, 5.41) is 10.9. The average Bonchev–Trinajstić information content (AvgIpc) is 1.93. The van der Waals surface area contributed by atoms with Crippen LogP contribution in [0.15, 0.2) is 12.2 Å². The molecule has 0 aromatic rings. The van der Waals surface area contributed by atoms with Crippen LogP contribution in [0, 0.1) is 0 Å². The average molecular weight is 169 g/mol. The summed E-state index contributed by atoms with van der Waals surface area (Å²) in [5.41, 5.74) is 0. The summed E-state index contributed by atoms with van der Waals surface area (Å²) in [6.45, 7) is 0. The lowest BCUT2D eigenvalue weighted by Gasteiger charge is -2.25. The monoisotopic (exact) mass is 169 g/mol. The lowest BCUT2D eigenvalue weighted by molar-refractivity contribution is -0.131. The highest BCUT2D eigenvalue weighted by Gasteiger charge is 2.17. The first-order chi connectivity index (χ1) is 5.68. The lowest BCUT2D eigenvalue weighted by atomic mass is 9.93. The van der Waals surface area contributed by atoms with E-state index in [4.69, 9.17) is 5.11 Å². The molecule has 1 amide bonds. The standard InChI is InChI=1S/C8H11NO3/c10-7(4-5-8(11)12)9-6-2-1-3-6/h4-6H,1-3H2,(H,9,10)(H,11,12)/b5-4+. The smallest absolute Gasteiger partial charge is 0.328 e. The van der Waals surface area contributed by atoms with Crippen LogP contribution in [0.5, 0.6) is 0 Å². The summed E-state index contributed by atoms with van der Waals surface area (Å²) in [6.07, 6.45) is 5.04. The molecule has 2 N–H and O–H groups in total. The van der Waals surface area contributed by atoms with Gasteiger partial charge >= 0.3 is 5.97 Å². The fraction of sp³-hybridized carbons (Fsp3) is 0.500. The quantitative estimate of drug-likeness (QED) is 0.597. The van der Waals surface area contributed by atoms with Crippen molar-refractivity contribution in [1.82, 2.24) is 5.32 Å². The van der Waals surface area contributed by atoms with Crippen LogP contribution in [0.2, 0.25) is 0 Å². The first-order valence-corrected chi connectivity index (χ1v) is 3.90. The molecular weight excluding hydrogens is 158 g/mol. The van der Waals surface area contributed by atoms with Crippen LogP contribution in [-0.2, 0) is 9.59 Å². The summed E-state index contributed by atoms with van der Waals surface area (Å²) in [4.78, 5) is 20.9. The normalized spacial score (nSPS) is 17.3. The van der Waals surface area contributed by atoms with Gasteiger partial charge in [-0.3, -0.25) is 4.79 Å². The maximum Gasteiger partial charge on any atom is 0.328 e. The summed E-state index contributed by atoms with van der Waals surface area (Å²) < 4.78 is 0. The van der Waals surface area contributed by atoms with Gasteiger partial charge in [-0.2, -0.15) is 0 Å². The lowest BCUT2D eigenvalue weighted by Crippen LogP contribution is -2.38. The summed E-state index contributed by atoms with van der Waals surface area (Å²) in [7, 11) is 0. The molecule has 1 fully saturated rings. The van der Waals surface area contributed by atoms with Crippen LogP contribution in [0.3, 0.4) is 0 Å². The summed E-state index contributed by atoms with van der Waals surface area (Å²) >= 11 is 0. The molecule has 0 unspecified atom stereocenters. The SMILES string of the molecule is O=C(O)/C=C/C(=O)NC1CCC1. The third-order valence-corrected chi connectivity index (χ3v) is 1.83. The highest BCUT2D eigenvalue weighted by molar-refractivity contribution is 5.94. The number of aliphatic carboxylic acids is 1. The number of carboxylic acid groups (broad SMARTS) is 1. The number of amides is 1. The molecule has 1 rings (SSSR count). The van der Waals surface area contributed by atoms with E-state index in [-0.39, 0.29) is 11.9 Å². The minimum atomic E-state index is -1.10. The molecule has 4 nitrogen and oxygen atoms in total. The molecule has 0 aromatic carbocycles. The van der Waals surface area contributed by atoms with Gasteiger partial charge in [0.2, 0.25) is 5.91 Å². The first-order valence-electron chi connectivity index (χ1n) is 3.90. The molecule has 0 aromatic heterocycles. The van der Waals surface area contributed by atoms with Gasteiger partial charge in [0.25, 0.3) is 0 Å². The van der Waals surface area contributed by atoms with Crippen LogP contribution in [0.25, 0.3) is 0 Å². The van der Waals surface area contributed by atoms with E-state index in [0.29, 0.717) is 0 Å². The molecule has 0 atom stereocenters. The van der Waals surface area contributed by atoms with E-state index in [1.807, 2.05) is 0 Å². The number of hydrogen-bond acceptors (Lipinski definition) is 2. The Morgan fingerprint density at radius 2 is 2.00 bits per heavy atom. The van der Waals surface area contributed by atoms with Gasteiger partial charge in [0, 0.05) is 18.2 Å². The maximum absolute atomic E-state index is 10.9. The topological polar surface area (TPSA) is 66.4 Å². The van der Waals surface area contributed by atoms with Crippen molar-refractivity contribution >= 4 is 11.9 Å². The molecule has 0 spiro atoms. The third-order valence-electron chi connectivity index (χ3n) is 1.83. The molecule has 66 valence electrons. The van der Waals surface area contributed by atoms with Crippen molar-refractivity contribution in [3.63, 3.8) is 0 Å². The number of hydrogen-bond donors (Lipinski definition) is 2. The summed E-state index contributed by atoms with van der Waals surface area (Å²) in [6, 6.07) is 0.260. The number of nitrogens with one attached hydrogen (secondary N) is 1. The van der Waals surface area contributed by atoms with Crippen molar-refractivity contribution in [2.75, 3.05) is 0 Å². The molecule has 0 aliphatic heterocycles. The van der Waals surface area contributed by atoms with Crippen molar-refractivity contribution in [3.05, 3.63) is 12.2 Å². The zero-order valence-electron chi connectivity index (χ0n) is 6.62. The molecule has 1 aliphatic carbocycles. The van der Waals surface area contributed by atoms with E-state index in [2.05, 4.69) is 5.32 Å². The molecule has 0 radical (unpaired) electrons. The Bertz CT molecular complexity index is 218. The van der Waals surface area contributed by atoms with E-state index >= 15 is 0 Å². The molecule has 12 heavy (non-hydrogen) atoms. The van der Waals surface area contributed by atoms with E-state index < -0.39 is 5.97 Å². The van der Waals surface area contributed by atoms with Crippen molar-refractivity contribution in [2.24, 2.45) is 0 Å². The zero-order chi connectivity index (χ0) is 8.97. The Kier molecular flexibility index (Phi) is 2.85. The number of carbonyl (C=O) groups excluding carboxylic acids is 1. The Morgan fingerprint density at radius 1 is 1.33 bits per heavy atom. The summed E-state index contributed by atoms with van der Waals surface area (Å²) in [5.74, 6) is -1.42. The molecule has 0 bridgehead atoms. The van der Waals surface area contributed by atoms with Gasteiger partial charge < -0.3 is 10.4 Å². The van der Waals surface area contributed by atoms with Crippen LogP contribution in [0.4, 0.5) is 0 Å². The molecule has 1 aliphatic rings. The van der Waals surface area contributed by atoms with Gasteiger partial charge in [-0.25, -0.2) is 4.79 Å². The van der Waals surface area contributed by atoms with Gasteiger partial charge in [0.15, 0.2) is 0 Å². The minimum absolute atomic E-state index is 0.260. The second kappa shape index (κ2) is 3.90. The van der Waals surface area contributed by atoms with E-state index in [1.54, 1.807) is 0 Å². The van der Waals surface area contributed by atoms with E-state index in [0.717, 1.165) is 31.4 Å². The van der Waals surface area contributed by atoms with Gasteiger partial charge in [-0.15, -0.1) is 0 Å². The first kappa shape index (κ1) is 8.77. The van der Waals surface area contributed by atoms with Gasteiger partial charge in [0.05, 0.1) is 0 Å². The van der Waals surface area contributed by atoms with Crippen molar-refractivity contribution in [3.8, 4) is 0 Å². The number of rotatable bonds is 3. The van der Waals surface area contributed by atoms with E-state index in [9.17, 15) is 9.59 Å². The Labute approximate surface area is 70.3 Å². The third kappa shape index (κ3) is 2.74. The number of carbonyl (C=O) groups is 2. The van der Waals surface area contributed by atoms with Gasteiger partial charge in [-0.05, 0) is 19.3 Å². The van der Waals surface area contributed by atoms with Crippen molar-refractivity contribution < 1.29 is 14.7 Å². The van der Waals surface area contributed by atoms with Crippen LogP contribution in [0.1, 0.15) is 19.3 Å². The van der Waals surface area contributed by atoms with Gasteiger partial charge in [-0.1, -0.05) is 0 Å². The highest BCUT2D eigenvalue weighted by atomic mass is 16.4. The Hall–Kier alpha value is -1.32. The number of carboxylic acids is 1. The minimum Gasteiger partial charge on any atom is -0.478 e. The second-order valence-electron chi connectivity index (χ2n) is 2.81. The molecule has 0 saturated heterocycles. The Balaban J connectivity index is 2.23. The molecule has 0 heterocycles. The molecule has 1 saturated carbocycles. The Morgan fingerprint density at radius 3 is 2.42 bits per heavy atom. The highest BCUT2D eigenvalue weighted by Crippen LogP contribution is 2.17. The van der Waals surface area contributed by atoms with Crippen molar-refractivity contribution in [1.29, 1.82) is 0 Å². The fourth-order valence-corrected chi connectivity index (χ4v) is 0.949. The predicted molar refractivity (Wildman–Crippen MR) is 42.6 cm³/mol. The largest absolute Gasteiger partial charge is 0.478 e. The molecular formula is C8H11NO3. The van der Waals surface area contributed by atoms with Crippen LogP contribution in [-0.4, -0.2) is 23.0 Å². The van der Waals surface area contributed by atoms with Crippen LogP contribution < -0.4 is 5.32 Å². The fourth-order valence-electron chi connectivity index (χ4n) is 0.949. The van der Waals surface area contributed by atoms with Crippen LogP contribution >= 0.6 is 0 Å². The maximum atomic E-state index is 10.9. The zero-order valence-corrected chi connectivity index (χ0v) is 6.62. The van der Waals surface area contributed by atoms with Crippen molar-refractivity contribution in [2.45, 2.75) is 25.3 Å². The molecule has 4 heteroatoms. The van der Waals surface area contributed by atoms with E-state index in [1.165, 1.54) is 0 Å². The predicted octanol–water partition coefficient (Wildman–Crippen LogP) is 0.296. The second-order valence-corrected chi connectivity index (χ2v) is 2.81.